The molecule has 0 saturated heterocycles. The van der Waals surface area contributed by atoms with E-state index in [1.165, 1.54) is 0 Å². The Bertz CT molecular complexity index is 1560. The van der Waals surface area contributed by atoms with E-state index in [0.29, 0.717) is 23.6 Å². The summed E-state index contributed by atoms with van der Waals surface area (Å²) < 4.78 is 51.8. The fourth-order valence-corrected chi connectivity index (χ4v) is 11.5. The van der Waals surface area contributed by atoms with Crippen LogP contribution in [0.25, 0.3) is 0 Å². The molecule has 0 N–H and O–H groups in total. The lowest BCUT2D eigenvalue weighted by atomic mass is 9.86. The van der Waals surface area contributed by atoms with Crippen molar-refractivity contribution in [3.8, 4) is 11.5 Å². The molecule has 0 unspecified atom stereocenters. The van der Waals surface area contributed by atoms with Crippen LogP contribution in [-0.4, -0.2) is 50.1 Å². The molecule has 2 aliphatic rings. The van der Waals surface area contributed by atoms with Crippen LogP contribution in [0.4, 0.5) is 8.78 Å². The van der Waals surface area contributed by atoms with Crippen molar-refractivity contribution in [3.63, 3.8) is 0 Å². The highest BCUT2D eigenvalue weighted by atomic mass is 79.9. The number of nitrogens with zero attached hydrogens (tertiary/aromatic N) is 2. The van der Waals surface area contributed by atoms with Crippen LogP contribution in [0.5, 0.6) is 11.5 Å². The van der Waals surface area contributed by atoms with Crippen molar-refractivity contribution in [2.45, 2.75) is 57.2 Å². The normalized spacial score (nSPS) is 18.7. The van der Waals surface area contributed by atoms with Crippen LogP contribution >= 0.6 is 15.9 Å². The third-order valence-electron chi connectivity index (χ3n) is 8.70. The summed E-state index contributed by atoms with van der Waals surface area (Å²) in [7, 11) is -3.15. The molecule has 230 valence electrons. The van der Waals surface area contributed by atoms with Crippen molar-refractivity contribution < 1.29 is 22.7 Å². The zero-order valence-corrected chi connectivity index (χ0v) is 28.0. The Balaban J connectivity index is 1.36. The van der Waals surface area contributed by atoms with Crippen LogP contribution in [0, 0.1) is 0 Å². The van der Waals surface area contributed by atoms with Crippen LogP contribution in [-0.2, 0) is 10.8 Å². The molecule has 0 bridgehead atoms. The SMILES string of the molecule is C[C@@H]1Cc2cc3c(cc2[C@@H](c2ccc(Br)cn2)N1CC(F)(F)CO[Si](c1ccccc1)(c1ccccc1)C(C)(C)C)OCO3. The van der Waals surface area contributed by atoms with E-state index in [-0.39, 0.29) is 12.8 Å². The lowest BCUT2D eigenvalue weighted by Gasteiger charge is -2.45. The molecule has 9 heteroatoms. The third-order valence-corrected chi connectivity index (χ3v) is 14.2. The first-order valence-corrected chi connectivity index (χ1v) is 17.6. The van der Waals surface area contributed by atoms with Crippen molar-refractivity contribution in [3.05, 3.63) is 112 Å². The molecular formula is C35H37BrF2N2O3Si. The maximum absolute atomic E-state index is 16.5. The van der Waals surface area contributed by atoms with Crippen LogP contribution in [0.2, 0.25) is 5.04 Å². The van der Waals surface area contributed by atoms with Gasteiger partial charge in [-0.1, -0.05) is 81.4 Å². The predicted octanol–water partition coefficient (Wildman–Crippen LogP) is 7.12. The molecule has 6 rings (SSSR count). The first-order valence-electron chi connectivity index (χ1n) is 14.9. The maximum Gasteiger partial charge on any atom is 0.282 e. The van der Waals surface area contributed by atoms with Gasteiger partial charge in [-0.3, -0.25) is 9.88 Å². The Hall–Kier alpha value is -3.11. The van der Waals surface area contributed by atoms with Gasteiger partial charge in [0.1, 0.15) is 0 Å². The molecular weight excluding hydrogens is 642 g/mol. The Morgan fingerprint density at radius 2 is 1.55 bits per heavy atom. The molecule has 0 amide bonds. The minimum Gasteiger partial charge on any atom is -0.454 e. The fraction of sp³-hybridized carbons (Fsp3) is 0.343. The second kappa shape index (κ2) is 12.0. The van der Waals surface area contributed by atoms with Crippen molar-refractivity contribution >= 4 is 34.6 Å². The monoisotopic (exact) mass is 678 g/mol. The highest BCUT2D eigenvalue weighted by Crippen LogP contribution is 2.45. The van der Waals surface area contributed by atoms with Crippen LogP contribution in [0.15, 0.2) is 95.6 Å². The largest absolute Gasteiger partial charge is 0.454 e. The van der Waals surface area contributed by atoms with E-state index >= 15 is 8.78 Å². The first-order chi connectivity index (χ1) is 21.0. The van der Waals surface area contributed by atoms with Crippen molar-refractivity contribution in [1.29, 1.82) is 0 Å². The van der Waals surface area contributed by atoms with Gasteiger partial charge in [-0.2, -0.15) is 0 Å². The van der Waals surface area contributed by atoms with Gasteiger partial charge in [0, 0.05) is 16.7 Å². The van der Waals surface area contributed by atoms with E-state index in [2.05, 4.69) is 41.7 Å². The summed E-state index contributed by atoms with van der Waals surface area (Å²) in [5, 5.41) is 1.54. The van der Waals surface area contributed by atoms with E-state index in [1.54, 1.807) is 6.20 Å². The van der Waals surface area contributed by atoms with Gasteiger partial charge in [-0.25, -0.2) is 8.78 Å². The Morgan fingerprint density at radius 3 is 2.11 bits per heavy atom. The summed E-state index contributed by atoms with van der Waals surface area (Å²) in [5.74, 6) is -1.83. The van der Waals surface area contributed by atoms with E-state index < -0.39 is 38.5 Å². The summed E-state index contributed by atoms with van der Waals surface area (Å²) in [6.45, 7) is 7.26. The number of fused-ring (bicyclic) bond motifs is 2. The summed E-state index contributed by atoms with van der Waals surface area (Å²) in [4.78, 5) is 6.55. The van der Waals surface area contributed by atoms with Crippen LogP contribution in [0.1, 0.15) is 50.6 Å². The molecule has 1 aromatic heterocycles. The van der Waals surface area contributed by atoms with Crippen molar-refractivity contribution in [1.82, 2.24) is 9.88 Å². The average molecular weight is 680 g/mol. The lowest BCUT2D eigenvalue weighted by molar-refractivity contribution is -0.0821. The zero-order valence-electron chi connectivity index (χ0n) is 25.4. The lowest BCUT2D eigenvalue weighted by Crippen LogP contribution is -2.67. The standard InChI is InChI=1S/C35H37BrF2N2O3Si/c1-24-17-25-18-31-32(42-23-41-31)19-29(25)33(30-16-15-26(36)20-39-30)40(24)21-35(37,38)22-43-44(34(2,3)4,27-11-7-5-8-12-27)28-13-9-6-10-14-28/h5-16,18-20,24,33H,17,21-23H2,1-4H3/t24-,33+/m1/s1. The van der Waals surface area contributed by atoms with E-state index in [1.807, 2.05) is 96.8 Å². The topological polar surface area (TPSA) is 43.8 Å². The Labute approximate surface area is 267 Å². The molecule has 2 aliphatic heterocycles. The second-order valence-corrected chi connectivity index (χ2v) is 18.0. The molecule has 0 fully saturated rings. The molecule has 0 spiro atoms. The molecule has 3 heterocycles. The maximum atomic E-state index is 16.5. The van der Waals surface area contributed by atoms with Gasteiger partial charge in [0.2, 0.25) is 6.79 Å². The quantitative estimate of drug-likeness (QED) is 0.186. The van der Waals surface area contributed by atoms with Crippen molar-refractivity contribution in [2.24, 2.45) is 0 Å². The van der Waals surface area contributed by atoms with Gasteiger partial charge in [0.15, 0.2) is 11.5 Å². The Kier molecular flexibility index (Phi) is 8.43. The Morgan fingerprint density at radius 1 is 0.932 bits per heavy atom. The second-order valence-electron chi connectivity index (χ2n) is 12.7. The zero-order chi connectivity index (χ0) is 31.1. The average Bonchev–Trinajstić information content (AvgIpc) is 3.45. The molecule has 4 aromatic rings. The summed E-state index contributed by atoms with van der Waals surface area (Å²) in [6.07, 6.45) is 2.31. The summed E-state index contributed by atoms with van der Waals surface area (Å²) in [5.41, 5.74) is 2.66. The van der Waals surface area contributed by atoms with Crippen LogP contribution < -0.4 is 19.8 Å². The minimum absolute atomic E-state index is 0.149. The van der Waals surface area contributed by atoms with E-state index in [0.717, 1.165) is 26.0 Å². The van der Waals surface area contributed by atoms with Gasteiger partial charge in [0.25, 0.3) is 14.2 Å². The molecule has 0 saturated carbocycles. The first kappa shape index (κ1) is 30.9. The van der Waals surface area contributed by atoms with Crippen LogP contribution in [0.3, 0.4) is 0 Å². The van der Waals surface area contributed by atoms with Gasteiger partial charge >= 0.3 is 0 Å². The summed E-state index contributed by atoms with van der Waals surface area (Å²) in [6, 6.07) is 26.9. The van der Waals surface area contributed by atoms with Gasteiger partial charge in [-0.05, 0) is 80.1 Å². The number of benzene rings is 3. The molecule has 0 radical (unpaired) electrons. The predicted molar refractivity (Wildman–Crippen MR) is 175 cm³/mol. The molecule has 2 atom stereocenters. The van der Waals surface area contributed by atoms with E-state index in [4.69, 9.17) is 13.9 Å². The number of pyridine rings is 1. The number of hydrogen-bond donors (Lipinski definition) is 0. The number of ether oxygens (including phenoxy) is 2. The number of hydrogen-bond acceptors (Lipinski definition) is 5. The number of halogens is 3. The number of aromatic nitrogens is 1. The molecule has 0 aliphatic carbocycles. The number of alkyl halides is 2. The minimum atomic E-state index is -3.15. The van der Waals surface area contributed by atoms with Gasteiger partial charge in [-0.15, -0.1) is 0 Å². The molecule has 5 nitrogen and oxygen atoms in total. The highest BCUT2D eigenvalue weighted by Gasteiger charge is 2.52. The summed E-state index contributed by atoms with van der Waals surface area (Å²) >= 11 is 3.47. The molecule has 3 aromatic carbocycles. The van der Waals surface area contributed by atoms with Crippen molar-refractivity contribution in [2.75, 3.05) is 19.9 Å². The number of rotatable bonds is 8. The molecule has 44 heavy (non-hydrogen) atoms. The highest BCUT2D eigenvalue weighted by molar-refractivity contribution is 9.10. The van der Waals surface area contributed by atoms with Gasteiger partial charge < -0.3 is 13.9 Å². The fourth-order valence-electron chi connectivity index (χ4n) is 6.71. The van der Waals surface area contributed by atoms with Gasteiger partial charge in [0.05, 0.1) is 24.9 Å². The van der Waals surface area contributed by atoms with E-state index in [9.17, 15) is 0 Å². The smallest absolute Gasteiger partial charge is 0.282 e. The third kappa shape index (κ3) is 5.83.